The lowest BCUT2D eigenvalue weighted by Crippen LogP contribution is -2.89. The van der Waals surface area contributed by atoms with Crippen molar-refractivity contribution in [2.24, 2.45) is 0 Å². The summed E-state index contributed by atoms with van der Waals surface area (Å²) < 4.78 is 93.6. The number of nitrogen functional groups attached to an aromatic ring is 2. The van der Waals surface area contributed by atoms with E-state index >= 15 is 0 Å². The highest BCUT2D eigenvalue weighted by Crippen LogP contribution is 2.68. The summed E-state index contributed by atoms with van der Waals surface area (Å²) in [6.07, 6.45) is 0. The molecule has 4 N–H and O–H groups in total. The van der Waals surface area contributed by atoms with Crippen LogP contribution in [0.15, 0.2) is 48.5 Å². The number of anilines is 2. The molecule has 0 aromatic heterocycles. The average molecular weight is 378 g/mol. The van der Waals surface area contributed by atoms with Crippen LogP contribution in [0.5, 0.6) is 11.5 Å². The molecule has 140 valence electrons. The van der Waals surface area contributed by atoms with Crippen molar-refractivity contribution in [3.8, 4) is 11.5 Å². The number of nitrogens with two attached hydrogens (primary N) is 2. The molecule has 0 spiro atoms. The Hall–Kier alpha value is -2.78. The Morgan fingerprint density at radius 3 is 1.08 bits per heavy atom. The molecule has 3 rings (SSSR count). The van der Waals surface area contributed by atoms with Crippen LogP contribution < -0.4 is 20.9 Å². The lowest BCUT2D eigenvalue weighted by Gasteiger charge is -2.55. The third kappa shape index (κ3) is 2.17. The molecule has 1 fully saturated rings. The topological polar surface area (TPSA) is 70.5 Å². The van der Waals surface area contributed by atoms with E-state index in [1.807, 2.05) is 0 Å². The Balaban J connectivity index is 1.92. The van der Waals surface area contributed by atoms with Gasteiger partial charge in [-0.05, 0) is 48.5 Å². The van der Waals surface area contributed by atoms with E-state index < -0.39 is 35.1 Å². The van der Waals surface area contributed by atoms with Crippen LogP contribution in [0.4, 0.5) is 37.7 Å². The second-order valence-electron chi connectivity index (χ2n) is 5.68. The number of benzene rings is 2. The van der Waals surface area contributed by atoms with E-state index in [0.29, 0.717) is 0 Å². The summed E-state index contributed by atoms with van der Waals surface area (Å²) >= 11 is 0. The fourth-order valence-electron chi connectivity index (χ4n) is 2.40. The summed E-state index contributed by atoms with van der Waals surface area (Å²) in [6.45, 7) is 0. The fourth-order valence-corrected chi connectivity index (χ4v) is 2.40. The van der Waals surface area contributed by atoms with Crippen LogP contribution in [0.25, 0.3) is 0 Å². The highest BCUT2D eigenvalue weighted by Gasteiger charge is 3.03. The van der Waals surface area contributed by atoms with Gasteiger partial charge in [0.15, 0.2) is 0 Å². The van der Waals surface area contributed by atoms with E-state index in [1.165, 1.54) is 0 Å². The number of ether oxygens (including phenoxy) is 2. The van der Waals surface area contributed by atoms with Crippen molar-refractivity contribution in [3.05, 3.63) is 48.5 Å². The predicted molar refractivity (Wildman–Crippen MR) is 80.5 cm³/mol. The van der Waals surface area contributed by atoms with E-state index in [-0.39, 0.29) is 11.4 Å². The minimum atomic E-state index is -5.33. The molecule has 1 aliphatic carbocycles. The zero-order valence-electron chi connectivity index (χ0n) is 12.9. The third-order valence-electron chi connectivity index (χ3n) is 3.89. The largest absolute Gasteiger partial charge is 0.447 e. The second-order valence-corrected chi connectivity index (χ2v) is 5.68. The van der Waals surface area contributed by atoms with Crippen LogP contribution >= 0.6 is 0 Å². The molecule has 2 aromatic rings. The van der Waals surface area contributed by atoms with Crippen LogP contribution in [-0.4, -0.2) is 23.6 Å². The molecule has 0 radical (unpaired) electrons. The molecule has 0 amide bonds. The van der Waals surface area contributed by atoms with E-state index in [9.17, 15) is 26.3 Å². The first-order chi connectivity index (χ1) is 11.9. The van der Waals surface area contributed by atoms with Crippen molar-refractivity contribution in [1.82, 2.24) is 0 Å². The van der Waals surface area contributed by atoms with Crippen molar-refractivity contribution in [3.63, 3.8) is 0 Å². The van der Waals surface area contributed by atoms with E-state index in [2.05, 4.69) is 9.47 Å². The van der Waals surface area contributed by atoms with Gasteiger partial charge in [-0.15, -0.1) is 0 Å². The van der Waals surface area contributed by atoms with Crippen LogP contribution in [-0.2, 0) is 0 Å². The molecule has 2 aromatic carbocycles. The molecule has 26 heavy (non-hydrogen) atoms. The highest BCUT2D eigenvalue weighted by atomic mass is 19.3. The number of rotatable bonds is 4. The Bertz CT molecular complexity index is 729. The first-order valence-electron chi connectivity index (χ1n) is 7.17. The Morgan fingerprint density at radius 2 is 0.808 bits per heavy atom. The minimum absolute atomic E-state index is 0.156. The first-order valence-corrected chi connectivity index (χ1v) is 7.17. The maximum absolute atomic E-state index is 14.4. The monoisotopic (exact) mass is 378 g/mol. The molecule has 0 unspecified atom stereocenters. The zero-order valence-corrected chi connectivity index (χ0v) is 12.9. The lowest BCUT2D eigenvalue weighted by molar-refractivity contribution is -0.527. The number of hydrogen-bond acceptors (Lipinski definition) is 4. The van der Waals surface area contributed by atoms with Crippen molar-refractivity contribution < 1.29 is 35.8 Å². The van der Waals surface area contributed by atoms with Gasteiger partial charge in [0.25, 0.3) is 0 Å². The predicted octanol–water partition coefficient (Wildman–Crippen LogP) is 3.92. The van der Waals surface area contributed by atoms with Gasteiger partial charge in [0, 0.05) is 11.4 Å². The molecule has 1 aliphatic rings. The van der Waals surface area contributed by atoms with Crippen molar-refractivity contribution in [1.29, 1.82) is 0 Å². The highest BCUT2D eigenvalue weighted by molar-refractivity contribution is 5.44. The Labute approximate surface area is 143 Å². The van der Waals surface area contributed by atoms with Crippen molar-refractivity contribution >= 4 is 11.4 Å². The smallest absolute Gasteiger partial charge is 0.397 e. The van der Waals surface area contributed by atoms with Gasteiger partial charge >= 0.3 is 23.6 Å². The zero-order chi connectivity index (χ0) is 19.4. The van der Waals surface area contributed by atoms with Gasteiger partial charge in [-0.3, -0.25) is 0 Å². The van der Waals surface area contributed by atoms with E-state index in [1.54, 1.807) is 0 Å². The standard InChI is InChI=1S/C16H12F6N2O2/c17-13(18)15(21,25-11-5-1-9(23)2-6-11)14(19,20)16(13,22)26-12-7-3-10(24)4-8-12/h1-8H,23-24H2. The molecule has 10 heteroatoms. The van der Waals surface area contributed by atoms with Gasteiger partial charge in [0.05, 0.1) is 0 Å². The minimum Gasteiger partial charge on any atom is -0.447 e. The Kier molecular flexibility index (Phi) is 3.71. The summed E-state index contributed by atoms with van der Waals surface area (Å²) in [5, 5.41) is 0. The molecule has 0 bridgehead atoms. The van der Waals surface area contributed by atoms with E-state index in [0.717, 1.165) is 48.5 Å². The molecule has 0 atom stereocenters. The average Bonchev–Trinajstić information content (AvgIpc) is 2.57. The van der Waals surface area contributed by atoms with Crippen LogP contribution in [0.2, 0.25) is 0 Å². The first kappa shape index (κ1) is 18.0. The van der Waals surface area contributed by atoms with Gasteiger partial charge in [-0.2, -0.15) is 26.3 Å². The summed E-state index contributed by atoms with van der Waals surface area (Å²) in [4.78, 5) is 0. The van der Waals surface area contributed by atoms with Gasteiger partial charge in [-0.1, -0.05) is 0 Å². The molecular weight excluding hydrogens is 366 g/mol. The molecule has 4 nitrogen and oxygen atoms in total. The normalized spacial score (nSPS) is 28.8. The number of alkyl halides is 6. The van der Waals surface area contributed by atoms with Gasteiger partial charge < -0.3 is 20.9 Å². The molecular formula is C16H12F6N2O2. The lowest BCUT2D eigenvalue weighted by atomic mass is 9.76. The van der Waals surface area contributed by atoms with Crippen LogP contribution in [0, 0.1) is 0 Å². The summed E-state index contributed by atoms with van der Waals surface area (Å²) in [5.41, 5.74) is 11.0. The molecule has 0 heterocycles. The number of halogens is 6. The maximum atomic E-state index is 14.4. The summed E-state index contributed by atoms with van der Waals surface area (Å²) in [7, 11) is 0. The molecule has 0 aliphatic heterocycles. The van der Waals surface area contributed by atoms with Crippen molar-refractivity contribution in [2.75, 3.05) is 11.5 Å². The van der Waals surface area contributed by atoms with Gasteiger partial charge in [-0.25, -0.2) is 0 Å². The van der Waals surface area contributed by atoms with Gasteiger partial charge in [0.1, 0.15) is 11.5 Å². The summed E-state index contributed by atoms with van der Waals surface area (Å²) in [6, 6.07) is 8.01. The molecule has 1 saturated carbocycles. The summed E-state index contributed by atoms with van der Waals surface area (Å²) in [5.74, 6) is -21.9. The Morgan fingerprint density at radius 1 is 0.538 bits per heavy atom. The van der Waals surface area contributed by atoms with Crippen LogP contribution in [0.1, 0.15) is 0 Å². The second kappa shape index (κ2) is 5.36. The SMILES string of the molecule is Nc1ccc(OC2(F)C(F)(F)C(F)(Oc3ccc(N)cc3)C2(F)F)cc1. The maximum Gasteiger partial charge on any atom is 0.397 e. The third-order valence-corrected chi connectivity index (χ3v) is 3.89. The van der Waals surface area contributed by atoms with Crippen molar-refractivity contribution in [2.45, 2.75) is 23.6 Å². The van der Waals surface area contributed by atoms with E-state index in [4.69, 9.17) is 11.5 Å². The van der Waals surface area contributed by atoms with Crippen LogP contribution in [0.3, 0.4) is 0 Å². The fraction of sp³-hybridized carbons (Fsp3) is 0.250. The molecule has 0 saturated heterocycles. The van der Waals surface area contributed by atoms with Gasteiger partial charge in [0.2, 0.25) is 0 Å². The number of hydrogen-bond donors (Lipinski definition) is 2. The quantitative estimate of drug-likeness (QED) is 0.625.